The van der Waals surface area contributed by atoms with Gasteiger partial charge in [-0.15, -0.1) is 0 Å². The Morgan fingerprint density at radius 2 is 2.27 bits per heavy atom. The van der Waals surface area contributed by atoms with Crippen LogP contribution in [0, 0.1) is 0 Å². The largest absolute Gasteiger partial charge is 0.309 e. The van der Waals surface area contributed by atoms with Crippen LogP contribution < -0.4 is 5.32 Å². The van der Waals surface area contributed by atoms with Crippen LogP contribution in [-0.4, -0.2) is 32.8 Å². The zero-order chi connectivity index (χ0) is 14.8. The number of nitrogens with one attached hydrogen (secondary N) is 1. The number of likely N-dealkylation sites (tertiary alicyclic amines) is 1. The summed E-state index contributed by atoms with van der Waals surface area (Å²) in [5.74, 6) is 0. The second kappa shape index (κ2) is 6.18. The van der Waals surface area contributed by atoms with E-state index in [1.807, 2.05) is 18.5 Å². The Labute approximate surface area is 131 Å². The summed E-state index contributed by atoms with van der Waals surface area (Å²) in [7, 11) is 0. The monoisotopic (exact) mass is 297 g/mol. The van der Waals surface area contributed by atoms with Crippen LogP contribution in [0.2, 0.25) is 0 Å². The molecule has 1 atom stereocenters. The van der Waals surface area contributed by atoms with Gasteiger partial charge in [-0.2, -0.15) is 5.10 Å². The van der Waals surface area contributed by atoms with Gasteiger partial charge in [0.25, 0.3) is 0 Å². The second-order valence-corrected chi connectivity index (χ2v) is 6.30. The van der Waals surface area contributed by atoms with Crippen molar-refractivity contribution in [1.82, 2.24) is 25.0 Å². The standard InChI is InChI=1S/C17H23N5/c1-2-8-21(17(5-1)14-4-3-6-18-11-14)13-15-10-16-12-19-7-9-22(16)20-15/h3-4,6,10-11,17,19H,1-2,5,7-9,12-13H2/t17-/m0/s1. The van der Waals surface area contributed by atoms with Crippen LogP contribution in [0.1, 0.15) is 42.3 Å². The first-order chi connectivity index (χ1) is 10.9. The summed E-state index contributed by atoms with van der Waals surface area (Å²) in [6, 6.07) is 7.00. The molecule has 1 N–H and O–H groups in total. The van der Waals surface area contributed by atoms with Crippen LogP contribution in [0.3, 0.4) is 0 Å². The number of fused-ring (bicyclic) bond motifs is 1. The summed E-state index contributed by atoms with van der Waals surface area (Å²) in [5, 5.41) is 8.20. The van der Waals surface area contributed by atoms with Crippen LogP contribution in [0.5, 0.6) is 0 Å². The molecule has 0 aliphatic carbocycles. The molecule has 5 nitrogen and oxygen atoms in total. The summed E-state index contributed by atoms with van der Waals surface area (Å²) < 4.78 is 2.16. The lowest BCUT2D eigenvalue weighted by Crippen LogP contribution is -2.33. The Morgan fingerprint density at radius 3 is 3.14 bits per heavy atom. The van der Waals surface area contributed by atoms with E-state index in [-0.39, 0.29) is 0 Å². The number of pyridine rings is 1. The van der Waals surface area contributed by atoms with E-state index in [4.69, 9.17) is 5.10 Å². The smallest absolute Gasteiger partial charge is 0.0768 e. The van der Waals surface area contributed by atoms with Gasteiger partial charge in [0.2, 0.25) is 0 Å². The van der Waals surface area contributed by atoms with Crippen molar-refractivity contribution in [2.45, 2.75) is 44.9 Å². The summed E-state index contributed by atoms with van der Waals surface area (Å²) in [6.45, 7) is 5.05. The topological polar surface area (TPSA) is 46.0 Å². The van der Waals surface area contributed by atoms with Gasteiger partial charge < -0.3 is 5.32 Å². The van der Waals surface area contributed by atoms with E-state index in [1.54, 1.807) is 0 Å². The molecule has 0 bridgehead atoms. The van der Waals surface area contributed by atoms with Crippen molar-refractivity contribution in [1.29, 1.82) is 0 Å². The van der Waals surface area contributed by atoms with Crippen molar-refractivity contribution in [3.8, 4) is 0 Å². The normalized spacial score (nSPS) is 22.5. The highest BCUT2D eigenvalue weighted by Gasteiger charge is 2.25. The molecular weight excluding hydrogens is 274 g/mol. The molecule has 0 saturated carbocycles. The van der Waals surface area contributed by atoms with Crippen molar-refractivity contribution in [2.24, 2.45) is 0 Å². The molecule has 2 aliphatic heterocycles. The molecule has 1 fully saturated rings. The van der Waals surface area contributed by atoms with Crippen molar-refractivity contribution in [3.05, 3.63) is 47.5 Å². The van der Waals surface area contributed by atoms with Crippen LogP contribution in [0.25, 0.3) is 0 Å². The van der Waals surface area contributed by atoms with Gasteiger partial charge in [-0.1, -0.05) is 12.5 Å². The Bertz CT molecular complexity index is 598. The highest BCUT2D eigenvalue weighted by molar-refractivity contribution is 5.16. The van der Waals surface area contributed by atoms with Crippen LogP contribution in [0.15, 0.2) is 30.6 Å². The average Bonchev–Trinajstić information content (AvgIpc) is 2.98. The lowest BCUT2D eigenvalue weighted by atomic mass is 9.96. The summed E-state index contributed by atoms with van der Waals surface area (Å²) in [4.78, 5) is 6.87. The first-order valence-corrected chi connectivity index (χ1v) is 8.30. The second-order valence-electron chi connectivity index (χ2n) is 6.30. The molecule has 4 heterocycles. The third-order valence-corrected chi connectivity index (χ3v) is 4.77. The number of hydrogen-bond acceptors (Lipinski definition) is 4. The molecular formula is C17H23N5. The highest BCUT2D eigenvalue weighted by Crippen LogP contribution is 2.31. The van der Waals surface area contributed by atoms with Gasteiger partial charge in [0, 0.05) is 38.1 Å². The number of nitrogens with zero attached hydrogens (tertiary/aromatic N) is 4. The van der Waals surface area contributed by atoms with Gasteiger partial charge in [-0.05, 0) is 37.1 Å². The van der Waals surface area contributed by atoms with Gasteiger partial charge >= 0.3 is 0 Å². The fourth-order valence-corrected chi connectivity index (χ4v) is 3.67. The van der Waals surface area contributed by atoms with Gasteiger partial charge in [0.1, 0.15) is 0 Å². The lowest BCUT2D eigenvalue weighted by Gasteiger charge is -2.35. The Balaban J connectivity index is 1.53. The molecule has 0 amide bonds. The lowest BCUT2D eigenvalue weighted by molar-refractivity contribution is 0.138. The Kier molecular flexibility index (Phi) is 3.91. The molecule has 0 unspecified atom stereocenters. The number of hydrogen-bond donors (Lipinski definition) is 1. The van der Waals surface area contributed by atoms with E-state index in [0.717, 1.165) is 32.7 Å². The van der Waals surface area contributed by atoms with E-state index in [1.165, 1.54) is 36.2 Å². The van der Waals surface area contributed by atoms with Gasteiger partial charge in [-0.25, -0.2) is 0 Å². The third-order valence-electron chi connectivity index (χ3n) is 4.77. The molecule has 2 aliphatic rings. The van der Waals surface area contributed by atoms with E-state index in [9.17, 15) is 0 Å². The van der Waals surface area contributed by atoms with Crippen molar-refractivity contribution in [2.75, 3.05) is 13.1 Å². The number of piperidine rings is 1. The van der Waals surface area contributed by atoms with E-state index < -0.39 is 0 Å². The predicted octanol–water partition coefficient (Wildman–Crippen LogP) is 2.11. The summed E-state index contributed by atoms with van der Waals surface area (Å²) in [6.07, 6.45) is 7.69. The number of aromatic nitrogens is 3. The molecule has 0 aromatic carbocycles. The molecule has 22 heavy (non-hydrogen) atoms. The maximum absolute atomic E-state index is 4.79. The molecule has 5 heteroatoms. The summed E-state index contributed by atoms with van der Waals surface area (Å²) >= 11 is 0. The minimum Gasteiger partial charge on any atom is -0.309 e. The molecule has 2 aromatic rings. The predicted molar refractivity (Wildman–Crippen MR) is 85.2 cm³/mol. The van der Waals surface area contributed by atoms with Gasteiger partial charge in [-0.3, -0.25) is 14.6 Å². The average molecular weight is 297 g/mol. The molecule has 0 spiro atoms. The van der Waals surface area contributed by atoms with Crippen LogP contribution >= 0.6 is 0 Å². The molecule has 1 saturated heterocycles. The first-order valence-electron chi connectivity index (χ1n) is 8.30. The summed E-state index contributed by atoms with van der Waals surface area (Å²) in [5.41, 5.74) is 3.86. The molecule has 0 radical (unpaired) electrons. The van der Waals surface area contributed by atoms with Gasteiger partial charge in [0.05, 0.1) is 17.9 Å². The zero-order valence-corrected chi connectivity index (χ0v) is 12.9. The molecule has 4 rings (SSSR count). The van der Waals surface area contributed by atoms with E-state index >= 15 is 0 Å². The van der Waals surface area contributed by atoms with Crippen LogP contribution in [-0.2, 0) is 19.6 Å². The maximum atomic E-state index is 4.79. The molecule has 116 valence electrons. The van der Waals surface area contributed by atoms with Crippen molar-refractivity contribution < 1.29 is 0 Å². The fraction of sp³-hybridized carbons (Fsp3) is 0.529. The van der Waals surface area contributed by atoms with Crippen molar-refractivity contribution >= 4 is 0 Å². The Morgan fingerprint density at radius 1 is 1.27 bits per heavy atom. The third kappa shape index (κ3) is 2.78. The zero-order valence-electron chi connectivity index (χ0n) is 12.9. The quantitative estimate of drug-likeness (QED) is 0.942. The maximum Gasteiger partial charge on any atom is 0.0768 e. The fourth-order valence-electron chi connectivity index (χ4n) is 3.67. The SMILES string of the molecule is c1cncc([C@@H]2CCCCN2Cc2cc3n(n2)CCNC3)c1. The first kappa shape index (κ1) is 13.9. The van der Waals surface area contributed by atoms with E-state index in [2.05, 4.69) is 32.0 Å². The van der Waals surface area contributed by atoms with E-state index in [0.29, 0.717) is 6.04 Å². The van der Waals surface area contributed by atoms with Gasteiger partial charge in [0.15, 0.2) is 0 Å². The number of rotatable bonds is 3. The Hall–Kier alpha value is -1.72. The van der Waals surface area contributed by atoms with Crippen molar-refractivity contribution in [3.63, 3.8) is 0 Å². The van der Waals surface area contributed by atoms with Crippen LogP contribution in [0.4, 0.5) is 0 Å². The minimum atomic E-state index is 0.485. The minimum absolute atomic E-state index is 0.485. The molecule has 2 aromatic heterocycles. The highest BCUT2D eigenvalue weighted by atomic mass is 15.3.